The largest absolute Gasteiger partial charge is 0.360 e. The van der Waals surface area contributed by atoms with Crippen LogP contribution in [0.5, 0.6) is 0 Å². The van der Waals surface area contributed by atoms with Crippen molar-refractivity contribution in [2.24, 2.45) is 5.73 Å². The number of nitriles is 1. The van der Waals surface area contributed by atoms with Gasteiger partial charge in [0.1, 0.15) is 23.0 Å². The van der Waals surface area contributed by atoms with Crippen LogP contribution in [0.3, 0.4) is 0 Å². The van der Waals surface area contributed by atoms with Crippen LogP contribution in [-0.4, -0.2) is 73.7 Å². The molecule has 0 saturated carbocycles. The van der Waals surface area contributed by atoms with Crippen molar-refractivity contribution in [3.05, 3.63) is 99.6 Å². The third kappa shape index (κ3) is 13.2. The smallest absolute Gasteiger partial charge is 0.256 e. The molecular weight excluding hydrogens is 711 g/mol. The Labute approximate surface area is 295 Å². The van der Waals surface area contributed by atoms with Gasteiger partial charge in [0.15, 0.2) is 0 Å². The van der Waals surface area contributed by atoms with E-state index in [9.17, 15) is 4.79 Å². The first-order valence-electron chi connectivity index (χ1n) is 16.0. The maximum absolute atomic E-state index is 13.0. The molecule has 3 aromatic carbocycles. The topological polar surface area (TPSA) is 89.1 Å². The molecule has 46 heavy (non-hydrogen) atoms. The molecule has 1 fully saturated rings. The molecule has 0 aromatic heterocycles. The third-order valence-corrected chi connectivity index (χ3v) is 8.39. The van der Waals surface area contributed by atoms with Crippen LogP contribution in [0.4, 0.5) is 5.69 Å². The van der Waals surface area contributed by atoms with Crippen molar-refractivity contribution in [1.82, 2.24) is 14.9 Å². The van der Waals surface area contributed by atoms with Crippen LogP contribution in [0.2, 0.25) is 5.02 Å². The van der Waals surface area contributed by atoms with E-state index in [0.717, 1.165) is 42.5 Å². The van der Waals surface area contributed by atoms with Crippen molar-refractivity contribution >= 4 is 46.2 Å². The van der Waals surface area contributed by atoms with Gasteiger partial charge in [0.05, 0.1) is 24.8 Å². The Balaban J connectivity index is 0.000000331. The quantitative estimate of drug-likeness (QED) is 0.232. The van der Waals surface area contributed by atoms with E-state index in [1.807, 2.05) is 111 Å². The molecule has 8 nitrogen and oxygen atoms in total. The Bertz CT molecular complexity index is 1320. The van der Waals surface area contributed by atoms with E-state index in [1.165, 1.54) is 42.6 Å². The predicted molar refractivity (Wildman–Crippen MR) is 199 cm³/mol. The maximum atomic E-state index is 13.0. The minimum absolute atomic E-state index is 0.0185. The summed E-state index contributed by atoms with van der Waals surface area (Å²) < 4.78 is 5.20. The zero-order chi connectivity index (χ0) is 33.9. The summed E-state index contributed by atoms with van der Waals surface area (Å²) in [6.45, 7) is 15.3. The summed E-state index contributed by atoms with van der Waals surface area (Å²) in [6.07, 6.45) is 2.75. The number of hydrazine groups is 1. The second kappa shape index (κ2) is 22.0. The summed E-state index contributed by atoms with van der Waals surface area (Å²) in [5, 5.41) is 13.7. The minimum Gasteiger partial charge on any atom is -0.360 e. The normalized spacial score (nSPS) is 13.5. The highest BCUT2D eigenvalue weighted by molar-refractivity contribution is 14.1. The Kier molecular flexibility index (Phi) is 18.8. The molecule has 0 aliphatic carbocycles. The number of carbonyl (C=O) groups is 1. The molecule has 3 aromatic rings. The average molecular weight is 761 g/mol. The van der Waals surface area contributed by atoms with Crippen molar-refractivity contribution in [3.8, 4) is 6.07 Å². The summed E-state index contributed by atoms with van der Waals surface area (Å²) >= 11 is 7.48. The first kappa shape index (κ1) is 39.5. The Morgan fingerprint density at radius 3 is 2.13 bits per heavy atom. The number of hydrogen-bond donors (Lipinski definition) is 1. The first-order chi connectivity index (χ1) is 22.2. The van der Waals surface area contributed by atoms with E-state index >= 15 is 0 Å². The number of nitrogens with zero attached hydrogens (tertiary/aromatic N) is 5. The number of likely N-dealkylation sites (tertiary alicyclic amines) is 1. The van der Waals surface area contributed by atoms with Crippen molar-refractivity contribution in [2.45, 2.75) is 53.6 Å². The highest BCUT2D eigenvalue weighted by Gasteiger charge is 2.26. The van der Waals surface area contributed by atoms with Crippen LogP contribution in [0.15, 0.2) is 66.7 Å². The predicted octanol–water partition coefficient (Wildman–Crippen LogP) is 7.14. The van der Waals surface area contributed by atoms with E-state index in [-0.39, 0.29) is 12.5 Å². The van der Waals surface area contributed by atoms with Crippen molar-refractivity contribution < 1.29 is 7.86 Å². The Hall–Kier alpha value is -2.72. The molecule has 0 unspecified atom stereocenters. The highest BCUT2D eigenvalue weighted by Crippen LogP contribution is 2.25. The van der Waals surface area contributed by atoms with E-state index in [1.54, 1.807) is 11.1 Å². The van der Waals surface area contributed by atoms with E-state index < -0.39 is 0 Å². The van der Waals surface area contributed by atoms with Gasteiger partial charge in [-0.25, -0.2) is 5.01 Å². The number of halogens is 2. The van der Waals surface area contributed by atoms with E-state index in [4.69, 9.17) is 25.7 Å². The number of rotatable bonds is 9. The number of nitrogens with two attached hydrogens (primary N) is 1. The molecule has 10 heteroatoms. The second-order valence-corrected chi connectivity index (χ2v) is 12.0. The summed E-state index contributed by atoms with van der Waals surface area (Å²) in [7, 11) is 1.83. The van der Waals surface area contributed by atoms with Crippen LogP contribution in [0, 0.1) is 25.2 Å². The van der Waals surface area contributed by atoms with Crippen molar-refractivity contribution in [2.75, 3.05) is 57.8 Å². The highest BCUT2D eigenvalue weighted by atomic mass is 127. The lowest BCUT2D eigenvalue weighted by Crippen LogP contribution is -2.46. The van der Waals surface area contributed by atoms with Gasteiger partial charge in [0.2, 0.25) is 0 Å². The number of aryl methyl sites for hydroxylation is 2. The lowest BCUT2D eigenvalue weighted by molar-refractivity contribution is -0.145. The summed E-state index contributed by atoms with van der Waals surface area (Å²) in [5.41, 5.74) is 11.7. The van der Waals surface area contributed by atoms with Gasteiger partial charge in [0, 0.05) is 50.5 Å². The number of fused-ring (bicyclic) bond motifs is 1. The van der Waals surface area contributed by atoms with Gasteiger partial charge in [-0.1, -0.05) is 67.4 Å². The molecule has 0 bridgehead atoms. The lowest BCUT2D eigenvalue weighted by atomic mass is 10.1. The summed E-state index contributed by atoms with van der Waals surface area (Å²) in [4.78, 5) is 17.4. The van der Waals surface area contributed by atoms with Crippen molar-refractivity contribution in [1.29, 1.82) is 5.26 Å². The van der Waals surface area contributed by atoms with Gasteiger partial charge >= 0.3 is 0 Å². The van der Waals surface area contributed by atoms with Gasteiger partial charge in [0.25, 0.3) is 5.91 Å². The van der Waals surface area contributed by atoms with Crippen LogP contribution in [0.25, 0.3) is 0 Å². The molecule has 2 N–H and O–H groups in total. The Morgan fingerprint density at radius 2 is 1.63 bits per heavy atom. The maximum Gasteiger partial charge on any atom is 0.256 e. The van der Waals surface area contributed by atoms with Gasteiger partial charge in [-0.3, -0.25) is 9.80 Å². The van der Waals surface area contributed by atoms with Gasteiger partial charge in [-0.15, -0.1) is 0 Å². The number of anilines is 1. The molecule has 1 amide bonds. The monoisotopic (exact) mass is 760 g/mol. The molecular formula is C36H50ClIN6O2. The van der Waals surface area contributed by atoms with Crippen LogP contribution in [0.1, 0.15) is 54.5 Å². The number of hydrogen-bond acceptors (Lipinski definition) is 7. The number of likely N-dealkylation sites (N-methyl/N-ethyl adjacent to an activating group) is 1. The fourth-order valence-electron chi connectivity index (χ4n) is 5.18. The summed E-state index contributed by atoms with van der Waals surface area (Å²) in [5.74, 6) is 0.0185. The molecule has 1 saturated heterocycles. The SMILES string of the molecule is CC.Cc1cc(C#N)ccc1N(CCOI)CC(=O)N(C)N1Cc2ccccc2C1.Cc1ccc(Cl)cc1.NCCN1CCCC1. The number of amides is 1. The van der Waals surface area contributed by atoms with Gasteiger partial charge in [-0.05, 0) is 86.8 Å². The average Bonchev–Trinajstić information content (AvgIpc) is 3.76. The molecule has 2 aliphatic rings. The standard InChI is InChI=1S/C21H23IN4O2.C7H7Cl.C6H14N2.C2H6/c1-16-11-17(12-23)7-8-20(16)25(9-10-28-22)15-21(27)24(2)26-13-18-5-3-4-6-19(18)14-26;1-6-2-4-7(8)5-3-6;7-3-6-8-4-1-2-5-8;1-2/h3-8,11H,9-10,13-15H2,1-2H3;2-5H,1H3;1-7H2;1-2H3. The second-order valence-electron chi connectivity index (χ2n) is 11.0. The zero-order valence-corrected chi connectivity index (χ0v) is 30.9. The molecule has 0 atom stereocenters. The van der Waals surface area contributed by atoms with E-state index in [0.29, 0.717) is 18.7 Å². The number of carbonyl (C=O) groups excluding carboxylic acids is 1. The fraction of sp³-hybridized carbons (Fsp3) is 0.444. The van der Waals surface area contributed by atoms with Crippen LogP contribution < -0.4 is 10.6 Å². The molecule has 2 aliphatic heterocycles. The van der Waals surface area contributed by atoms with Gasteiger partial charge < -0.3 is 18.6 Å². The van der Waals surface area contributed by atoms with Crippen molar-refractivity contribution in [3.63, 3.8) is 0 Å². The van der Waals surface area contributed by atoms with Crippen LogP contribution in [-0.2, 0) is 21.0 Å². The fourth-order valence-corrected chi connectivity index (χ4v) is 5.50. The molecule has 0 spiro atoms. The third-order valence-electron chi connectivity index (χ3n) is 7.70. The van der Waals surface area contributed by atoms with Crippen LogP contribution >= 0.6 is 34.6 Å². The Morgan fingerprint density at radius 1 is 1.02 bits per heavy atom. The zero-order valence-electron chi connectivity index (χ0n) is 28.0. The molecule has 2 heterocycles. The molecule has 250 valence electrons. The van der Waals surface area contributed by atoms with Gasteiger partial charge in [-0.2, -0.15) is 5.26 Å². The first-order valence-corrected chi connectivity index (χ1v) is 17.2. The lowest BCUT2D eigenvalue weighted by Gasteiger charge is -2.32. The molecule has 5 rings (SSSR count). The number of benzene rings is 3. The minimum atomic E-state index is 0.0185. The van der Waals surface area contributed by atoms with E-state index in [2.05, 4.69) is 28.1 Å². The molecule has 0 radical (unpaired) electrons. The summed E-state index contributed by atoms with van der Waals surface area (Å²) in [6, 6.07) is 23.7.